The molecule has 0 aliphatic heterocycles. The molecule has 0 radical (unpaired) electrons. The maximum atomic E-state index is 5.99. The van der Waals surface area contributed by atoms with Gasteiger partial charge >= 0.3 is 0 Å². The van der Waals surface area contributed by atoms with Crippen LogP contribution in [0.25, 0.3) is 0 Å². The molecule has 0 bridgehead atoms. The second-order valence-electron chi connectivity index (χ2n) is 4.73. The van der Waals surface area contributed by atoms with Gasteiger partial charge in [0.25, 0.3) is 0 Å². The standard InChI is InChI=1S/C15H32O2/c1-5-9-11-13-16-15(7-3,8-4)17-14-12-10-6-2/h5-14H2,1-4H3. The zero-order valence-electron chi connectivity index (χ0n) is 12.4. The van der Waals surface area contributed by atoms with E-state index in [1.165, 1.54) is 25.7 Å². The SMILES string of the molecule is CCCCCOC(CC)(CC)OCCCCC. The Bertz CT molecular complexity index is 139. The molecule has 0 saturated carbocycles. The second kappa shape index (κ2) is 11.0. The van der Waals surface area contributed by atoms with Crippen LogP contribution in [0.2, 0.25) is 0 Å². The van der Waals surface area contributed by atoms with Crippen molar-refractivity contribution in [3.8, 4) is 0 Å². The zero-order chi connectivity index (χ0) is 13.0. The van der Waals surface area contributed by atoms with Gasteiger partial charge in [0.2, 0.25) is 0 Å². The third-order valence-corrected chi connectivity index (χ3v) is 3.30. The largest absolute Gasteiger partial charge is 0.350 e. The molecular formula is C15H32O2. The molecule has 0 heterocycles. The summed E-state index contributed by atoms with van der Waals surface area (Å²) >= 11 is 0. The van der Waals surface area contributed by atoms with E-state index in [-0.39, 0.29) is 5.79 Å². The van der Waals surface area contributed by atoms with E-state index in [1.807, 2.05) is 0 Å². The summed E-state index contributed by atoms with van der Waals surface area (Å²) in [5.74, 6) is -0.318. The summed E-state index contributed by atoms with van der Waals surface area (Å²) < 4.78 is 12.0. The van der Waals surface area contributed by atoms with Crippen LogP contribution in [0.15, 0.2) is 0 Å². The highest BCUT2D eigenvalue weighted by Crippen LogP contribution is 2.23. The van der Waals surface area contributed by atoms with Crippen LogP contribution in [0.1, 0.15) is 79.1 Å². The summed E-state index contributed by atoms with van der Waals surface area (Å²) in [5.41, 5.74) is 0. The fraction of sp³-hybridized carbons (Fsp3) is 1.00. The first-order valence-electron chi connectivity index (χ1n) is 7.52. The van der Waals surface area contributed by atoms with Crippen molar-refractivity contribution in [3.63, 3.8) is 0 Å². The number of rotatable bonds is 12. The van der Waals surface area contributed by atoms with E-state index in [0.29, 0.717) is 0 Å². The maximum Gasteiger partial charge on any atom is 0.167 e. The Hall–Kier alpha value is -0.0800. The predicted molar refractivity (Wildman–Crippen MR) is 74.3 cm³/mol. The van der Waals surface area contributed by atoms with E-state index in [2.05, 4.69) is 27.7 Å². The number of hydrogen-bond donors (Lipinski definition) is 0. The summed E-state index contributed by atoms with van der Waals surface area (Å²) in [5, 5.41) is 0. The number of unbranched alkanes of at least 4 members (excludes halogenated alkanes) is 4. The Balaban J connectivity index is 3.88. The van der Waals surface area contributed by atoms with Crippen LogP contribution < -0.4 is 0 Å². The van der Waals surface area contributed by atoms with Gasteiger partial charge in [-0.15, -0.1) is 0 Å². The highest BCUT2D eigenvalue weighted by atomic mass is 16.7. The van der Waals surface area contributed by atoms with Gasteiger partial charge in [-0.05, 0) is 25.7 Å². The third kappa shape index (κ3) is 7.77. The molecule has 0 aromatic rings. The Morgan fingerprint density at radius 1 is 0.647 bits per heavy atom. The summed E-state index contributed by atoms with van der Waals surface area (Å²) in [6, 6.07) is 0. The van der Waals surface area contributed by atoms with Crippen molar-refractivity contribution >= 4 is 0 Å². The van der Waals surface area contributed by atoms with Gasteiger partial charge in [0.05, 0.1) is 13.2 Å². The molecular weight excluding hydrogens is 212 g/mol. The lowest BCUT2D eigenvalue weighted by Gasteiger charge is -2.32. The lowest BCUT2D eigenvalue weighted by molar-refractivity contribution is -0.241. The van der Waals surface area contributed by atoms with Gasteiger partial charge in [0.1, 0.15) is 0 Å². The minimum absolute atomic E-state index is 0.318. The minimum atomic E-state index is -0.318. The molecule has 0 aromatic heterocycles. The normalized spacial score (nSPS) is 12.0. The Kier molecular flexibility index (Phi) is 11.0. The molecule has 0 aliphatic rings. The Labute approximate surface area is 108 Å². The molecule has 0 N–H and O–H groups in total. The third-order valence-electron chi connectivity index (χ3n) is 3.30. The molecule has 17 heavy (non-hydrogen) atoms. The first-order valence-corrected chi connectivity index (χ1v) is 7.52. The molecule has 0 unspecified atom stereocenters. The highest BCUT2D eigenvalue weighted by molar-refractivity contribution is 4.66. The van der Waals surface area contributed by atoms with E-state index in [0.717, 1.165) is 38.9 Å². The summed E-state index contributed by atoms with van der Waals surface area (Å²) in [7, 11) is 0. The van der Waals surface area contributed by atoms with Crippen LogP contribution in [0.4, 0.5) is 0 Å². The first kappa shape index (κ1) is 16.9. The van der Waals surface area contributed by atoms with Crippen molar-refractivity contribution in [3.05, 3.63) is 0 Å². The zero-order valence-corrected chi connectivity index (χ0v) is 12.4. The molecule has 0 rings (SSSR count). The molecule has 0 atom stereocenters. The highest BCUT2D eigenvalue weighted by Gasteiger charge is 2.27. The van der Waals surface area contributed by atoms with Gasteiger partial charge in [-0.25, -0.2) is 0 Å². The van der Waals surface area contributed by atoms with Crippen molar-refractivity contribution in [2.45, 2.75) is 84.8 Å². The fourth-order valence-electron chi connectivity index (χ4n) is 1.92. The minimum Gasteiger partial charge on any atom is -0.350 e. The lowest BCUT2D eigenvalue weighted by atomic mass is 10.1. The summed E-state index contributed by atoms with van der Waals surface area (Å²) in [6.07, 6.45) is 9.17. The van der Waals surface area contributed by atoms with Gasteiger partial charge in [0.15, 0.2) is 5.79 Å². The molecule has 0 amide bonds. The predicted octanol–water partition coefficient (Wildman–Crippen LogP) is 4.92. The van der Waals surface area contributed by atoms with E-state index < -0.39 is 0 Å². The van der Waals surface area contributed by atoms with Crippen molar-refractivity contribution < 1.29 is 9.47 Å². The van der Waals surface area contributed by atoms with E-state index in [1.54, 1.807) is 0 Å². The van der Waals surface area contributed by atoms with E-state index >= 15 is 0 Å². The Morgan fingerprint density at radius 3 is 1.35 bits per heavy atom. The molecule has 2 nitrogen and oxygen atoms in total. The smallest absolute Gasteiger partial charge is 0.167 e. The quantitative estimate of drug-likeness (QED) is 0.358. The molecule has 0 saturated heterocycles. The van der Waals surface area contributed by atoms with Crippen molar-refractivity contribution in [1.29, 1.82) is 0 Å². The van der Waals surface area contributed by atoms with E-state index in [4.69, 9.17) is 9.47 Å². The first-order chi connectivity index (χ1) is 8.24. The van der Waals surface area contributed by atoms with Crippen LogP contribution in [0.5, 0.6) is 0 Å². The molecule has 0 aromatic carbocycles. The van der Waals surface area contributed by atoms with Gasteiger partial charge in [-0.1, -0.05) is 53.4 Å². The Morgan fingerprint density at radius 2 is 1.06 bits per heavy atom. The van der Waals surface area contributed by atoms with Crippen LogP contribution >= 0.6 is 0 Å². The van der Waals surface area contributed by atoms with Crippen LogP contribution in [-0.4, -0.2) is 19.0 Å². The topological polar surface area (TPSA) is 18.5 Å². The van der Waals surface area contributed by atoms with Crippen molar-refractivity contribution in [1.82, 2.24) is 0 Å². The molecule has 0 spiro atoms. The van der Waals surface area contributed by atoms with Gasteiger partial charge in [-0.2, -0.15) is 0 Å². The molecule has 104 valence electrons. The molecule has 0 aliphatic carbocycles. The molecule has 0 fully saturated rings. The monoisotopic (exact) mass is 244 g/mol. The number of hydrogen-bond acceptors (Lipinski definition) is 2. The van der Waals surface area contributed by atoms with Crippen molar-refractivity contribution in [2.75, 3.05) is 13.2 Å². The number of ether oxygens (including phenoxy) is 2. The molecule has 2 heteroatoms. The van der Waals surface area contributed by atoms with Crippen LogP contribution in [0.3, 0.4) is 0 Å². The van der Waals surface area contributed by atoms with E-state index in [9.17, 15) is 0 Å². The second-order valence-corrected chi connectivity index (χ2v) is 4.73. The van der Waals surface area contributed by atoms with Gasteiger partial charge in [0, 0.05) is 0 Å². The van der Waals surface area contributed by atoms with Gasteiger partial charge in [-0.3, -0.25) is 0 Å². The van der Waals surface area contributed by atoms with Gasteiger partial charge < -0.3 is 9.47 Å². The average molecular weight is 244 g/mol. The maximum absolute atomic E-state index is 5.99. The fourth-order valence-corrected chi connectivity index (χ4v) is 1.92. The summed E-state index contributed by atoms with van der Waals surface area (Å²) in [6.45, 7) is 10.4. The summed E-state index contributed by atoms with van der Waals surface area (Å²) in [4.78, 5) is 0. The average Bonchev–Trinajstić information content (AvgIpc) is 2.37. The van der Waals surface area contributed by atoms with Crippen LogP contribution in [-0.2, 0) is 9.47 Å². The van der Waals surface area contributed by atoms with Crippen molar-refractivity contribution in [2.24, 2.45) is 0 Å². The van der Waals surface area contributed by atoms with Crippen LogP contribution in [0, 0.1) is 0 Å². The lowest BCUT2D eigenvalue weighted by Crippen LogP contribution is -2.35.